The fourth-order valence-electron chi connectivity index (χ4n) is 1.90. The van der Waals surface area contributed by atoms with Crippen molar-refractivity contribution in [1.82, 2.24) is 16.2 Å². The number of furan rings is 1. The molecular formula is C17H18BrN3O4S. The summed E-state index contributed by atoms with van der Waals surface area (Å²) in [6.45, 7) is 5.57. The van der Waals surface area contributed by atoms with E-state index in [9.17, 15) is 9.59 Å². The first-order valence-electron chi connectivity index (χ1n) is 7.66. The molecule has 2 rings (SSSR count). The van der Waals surface area contributed by atoms with Crippen LogP contribution in [0, 0.1) is 13.8 Å². The van der Waals surface area contributed by atoms with Gasteiger partial charge in [0.1, 0.15) is 5.75 Å². The molecule has 1 heterocycles. The van der Waals surface area contributed by atoms with Crippen molar-refractivity contribution in [3.05, 3.63) is 51.9 Å². The minimum absolute atomic E-state index is 0.0748. The molecule has 9 heteroatoms. The highest BCUT2D eigenvalue weighted by Gasteiger charge is 2.16. The molecule has 0 fully saturated rings. The van der Waals surface area contributed by atoms with Crippen molar-refractivity contribution in [3.63, 3.8) is 0 Å². The van der Waals surface area contributed by atoms with Crippen LogP contribution in [0.3, 0.4) is 0 Å². The van der Waals surface area contributed by atoms with Gasteiger partial charge in [-0.15, -0.1) is 0 Å². The van der Waals surface area contributed by atoms with Gasteiger partial charge in [-0.3, -0.25) is 25.8 Å². The molecule has 2 aromatic rings. The number of benzene rings is 1. The van der Waals surface area contributed by atoms with Gasteiger partial charge in [0.15, 0.2) is 21.6 Å². The maximum Gasteiger partial charge on any atom is 0.293 e. The van der Waals surface area contributed by atoms with Crippen LogP contribution in [0.15, 0.2) is 39.4 Å². The number of hydrogen-bond acceptors (Lipinski definition) is 5. The maximum atomic E-state index is 12.1. The van der Waals surface area contributed by atoms with Crippen molar-refractivity contribution in [2.24, 2.45) is 0 Å². The standard InChI is InChI=1S/C17H18BrN3O4S/c1-9-4-5-12(8-10(9)2)24-11(3)15(22)20-21-17(26)19-16(23)13-6-7-14(18)25-13/h4-8,11H,1-3H3,(H,20,22)(H2,19,21,23,26). The van der Waals surface area contributed by atoms with Crippen molar-refractivity contribution in [2.45, 2.75) is 26.9 Å². The van der Waals surface area contributed by atoms with Gasteiger partial charge in [0, 0.05) is 0 Å². The number of nitrogens with one attached hydrogen (secondary N) is 3. The van der Waals surface area contributed by atoms with Gasteiger partial charge in [0.2, 0.25) is 0 Å². The molecule has 2 amide bonds. The molecule has 0 aliphatic carbocycles. The lowest BCUT2D eigenvalue weighted by Gasteiger charge is -2.16. The molecule has 26 heavy (non-hydrogen) atoms. The number of hydrogen-bond donors (Lipinski definition) is 3. The predicted molar refractivity (Wildman–Crippen MR) is 104 cm³/mol. The highest BCUT2D eigenvalue weighted by atomic mass is 79.9. The SMILES string of the molecule is Cc1ccc(OC(C)C(=O)NNC(=S)NC(=O)c2ccc(Br)o2)cc1C. The minimum atomic E-state index is -0.760. The van der Waals surface area contributed by atoms with Gasteiger partial charge >= 0.3 is 0 Å². The Labute approximate surface area is 164 Å². The Kier molecular flexibility index (Phi) is 6.76. The summed E-state index contributed by atoms with van der Waals surface area (Å²) >= 11 is 8.05. The Bertz CT molecular complexity index is 837. The maximum absolute atomic E-state index is 12.1. The summed E-state index contributed by atoms with van der Waals surface area (Å²) in [7, 11) is 0. The smallest absolute Gasteiger partial charge is 0.293 e. The largest absolute Gasteiger partial charge is 0.481 e. The van der Waals surface area contributed by atoms with Crippen molar-refractivity contribution < 1.29 is 18.7 Å². The van der Waals surface area contributed by atoms with Crippen molar-refractivity contribution >= 4 is 45.1 Å². The van der Waals surface area contributed by atoms with E-state index < -0.39 is 17.9 Å². The van der Waals surface area contributed by atoms with Gasteiger partial charge in [-0.05, 0) is 84.3 Å². The third-order valence-electron chi connectivity index (χ3n) is 3.48. The Morgan fingerprint density at radius 1 is 1.15 bits per heavy atom. The summed E-state index contributed by atoms with van der Waals surface area (Å²) in [5, 5.41) is 2.30. The van der Waals surface area contributed by atoms with E-state index in [0.717, 1.165) is 11.1 Å². The van der Waals surface area contributed by atoms with Crippen LogP contribution in [0.1, 0.15) is 28.6 Å². The molecule has 0 spiro atoms. The molecule has 1 aromatic heterocycles. The molecule has 3 N–H and O–H groups in total. The molecule has 0 radical (unpaired) electrons. The van der Waals surface area contributed by atoms with E-state index >= 15 is 0 Å². The number of hydrazine groups is 1. The van der Waals surface area contributed by atoms with Crippen molar-refractivity contribution in [1.29, 1.82) is 0 Å². The summed E-state index contributed by atoms with van der Waals surface area (Å²) in [5.41, 5.74) is 7.04. The summed E-state index contributed by atoms with van der Waals surface area (Å²) < 4.78 is 11.1. The monoisotopic (exact) mass is 439 g/mol. The van der Waals surface area contributed by atoms with Crippen LogP contribution < -0.4 is 20.9 Å². The van der Waals surface area contributed by atoms with E-state index in [1.807, 2.05) is 26.0 Å². The van der Waals surface area contributed by atoms with Crippen molar-refractivity contribution in [2.75, 3.05) is 0 Å². The van der Waals surface area contributed by atoms with E-state index in [0.29, 0.717) is 10.4 Å². The van der Waals surface area contributed by atoms with Gasteiger partial charge in [-0.1, -0.05) is 6.07 Å². The predicted octanol–water partition coefficient (Wildman–Crippen LogP) is 2.76. The summed E-state index contributed by atoms with van der Waals surface area (Å²) in [6, 6.07) is 8.65. The van der Waals surface area contributed by atoms with Gasteiger partial charge in [-0.25, -0.2) is 0 Å². The molecular weight excluding hydrogens is 422 g/mol. The van der Waals surface area contributed by atoms with E-state index in [4.69, 9.17) is 21.4 Å². The summed E-state index contributed by atoms with van der Waals surface area (Å²) in [5.74, 6) is -0.309. The second kappa shape index (κ2) is 8.81. The fourth-order valence-corrected chi connectivity index (χ4v) is 2.35. The van der Waals surface area contributed by atoms with E-state index in [1.165, 1.54) is 6.07 Å². The zero-order valence-corrected chi connectivity index (χ0v) is 16.8. The number of carbonyl (C=O) groups is 2. The normalized spacial score (nSPS) is 11.4. The molecule has 1 atom stereocenters. The average Bonchev–Trinajstić information content (AvgIpc) is 3.02. The first-order chi connectivity index (χ1) is 12.3. The third kappa shape index (κ3) is 5.57. The summed E-state index contributed by atoms with van der Waals surface area (Å²) in [4.78, 5) is 23.9. The van der Waals surface area contributed by atoms with Gasteiger partial charge < -0.3 is 9.15 Å². The lowest BCUT2D eigenvalue weighted by Crippen LogP contribution is -2.51. The number of rotatable bonds is 4. The summed E-state index contributed by atoms with van der Waals surface area (Å²) in [6.07, 6.45) is -0.760. The lowest BCUT2D eigenvalue weighted by atomic mass is 10.1. The Morgan fingerprint density at radius 3 is 2.50 bits per heavy atom. The number of aryl methyl sites for hydroxylation is 2. The quantitative estimate of drug-likeness (QED) is 0.500. The minimum Gasteiger partial charge on any atom is -0.481 e. The van der Waals surface area contributed by atoms with Gasteiger partial charge in [-0.2, -0.15) is 0 Å². The lowest BCUT2D eigenvalue weighted by molar-refractivity contribution is -0.127. The number of ether oxygens (including phenoxy) is 1. The Hall–Kier alpha value is -2.39. The zero-order valence-electron chi connectivity index (χ0n) is 14.4. The highest BCUT2D eigenvalue weighted by molar-refractivity contribution is 9.10. The van der Waals surface area contributed by atoms with Crippen LogP contribution in [-0.4, -0.2) is 23.0 Å². The number of amides is 2. The molecule has 7 nitrogen and oxygen atoms in total. The molecule has 1 aromatic carbocycles. The van der Waals surface area contributed by atoms with Crippen LogP contribution in [-0.2, 0) is 4.79 Å². The van der Waals surface area contributed by atoms with E-state index in [2.05, 4.69) is 32.1 Å². The second-order valence-corrected chi connectivity index (χ2v) is 6.70. The molecule has 1 unspecified atom stereocenters. The number of thiocarbonyl (C=S) groups is 1. The van der Waals surface area contributed by atoms with Gasteiger partial charge in [0.05, 0.1) is 0 Å². The highest BCUT2D eigenvalue weighted by Crippen LogP contribution is 2.17. The molecule has 138 valence electrons. The first-order valence-corrected chi connectivity index (χ1v) is 8.87. The Morgan fingerprint density at radius 2 is 1.88 bits per heavy atom. The van der Waals surface area contributed by atoms with Gasteiger partial charge in [0.25, 0.3) is 11.8 Å². The molecule has 0 saturated carbocycles. The number of halogens is 1. The average molecular weight is 440 g/mol. The van der Waals surface area contributed by atoms with Crippen LogP contribution in [0.2, 0.25) is 0 Å². The van der Waals surface area contributed by atoms with Crippen LogP contribution in [0.4, 0.5) is 0 Å². The van der Waals surface area contributed by atoms with Crippen LogP contribution in [0.5, 0.6) is 5.75 Å². The molecule has 0 aliphatic rings. The van der Waals surface area contributed by atoms with Crippen molar-refractivity contribution in [3.8, 4) is 5.75 Å². The topological polar surface area (TPSA) is 92.6 Å². The molecule has 0 saturated heterocycles. The molecule has 0 aliphatic heterocycles. The molecule has 0 bridgehead atoms. The zero-order chi connectivity index (χ0) is 19.3. The Balaban J connectivity index is 1.80. The van der Waals surface area contributed by atoms with E-state index in [1.54, 1.807) is 19.1 Å². The fraction of sp³-hybridized carbons (Fsp3) is 0.235. The number of carbonyl (C=O) groups excluding carboxylic acids is 2. The second-order valence-electron chi connectivity index (χ2n) is 5.51. The van der Waals surface area contributed by atoms with Crippen LogP contribution in [0.25, 0.3) is 0 Å². The van der Waals surface area contributed by atoms with E-state index in [-0.39, 0.29) is 10.9 Å². The third-order valence-corrected chi connectivity index (χ3v) is 4.11. The van der Waals surface area contributed by atoms with Crippen LogP contribution >= 0.6 is 28.1 Å². The first kappa shape index (κ1) is 19.9.